The Kier molecular flexibility index (Phi) is 4.16. The molecule has 0 N–H and O–H groups in total. The summed E-state index contributed by atoms with van der Waals surface area (Å²) in [6.07, 6.45) is 9.49. The Balaban J connectivity index is 2.02. The van der Waals surface area contributed by atoms with Crippen LogP contribution in [0.5, 0.6) is 0 Å². The fourth-order valence-electron chi connectivity index (χ4n) is 4.65. The summed E-state index contributed by atoms with van der Waals surface area (Å²) in [4.78, 5) is 2.85. The second kappa shape index (κ2) is 5.89. The molecule has 1 aliphatic carbocycles. The van der Waals surface area contributed by atoms with Crippen LogP contribution in [0.25, 0.3) is 0 Å². The predicted molar refractivity (Wildman–Crippen MR) is 85.9 cm³/mol. The molecule has 1 aromatic rings. The maximum Gasteiger partial charge on any atom is 0.0488 e. The van der Waals surface area contributed by atoms with Gasteiger partial charge in [-0.3, -0.25) is 4.90 Å². The van der Waals surface area contributed by atoms with Crippen molar-refractivity contribution < 1.29 is 0 Å². The first-order valence-electron chi connectivity index (χ1n) is 8.62. The third-order valence-electron chi connectivity index (χ3n) is 5.74. The minimum absolute atomic E-state index is 0.349. The van der Waals surface area contributed by atoms with Crippen molar-refractivity contribution in [2.75, 3.05) is 13.1 Å². The van der Waals surface area contributed by atoms with E-state index < -0.39 is 0 Å². The molecule has 2 aliphatic rings. The highest BCUT2D eigenvalue weighted by Crippen LogP contribution is 2.49. The van der Waals surface area contributed by atoms with Crippen LogP contribution in [0.1, 0.15) is 63.5 Å². The molecule has 1 nitrogen and oxygen atoms in total. The summed E-state index contributed by atoms with van der Waals surface area (Å²) in [7, 11) is 0. The molecule has 1 aliphatic heterocycles. The van der Waals surface area contributed by atoms with Gasteiger partial charge in [0.15, 0.2) is 0 Å². The molecule has 0 radical (unpaired) electrons. The Bertz CT molecular complexity index is 453. The minimum Gasteiger partial charge on any atom is -0.293 e. The number of nitrogens with zero attached hydrogens (tertiary/aromatic N) is 1. The van der Waals surface area contributed by atoms with E-state index in [0.29, 0.717) is 5.54 Å². The molecular formula is C19H29N. The average molecular weight is 271 g/mol. The van der Waals surface area contributed by atoms with Gasteiger partial charge in [0.25, 0.3) is 0 Å². The summed E-state index contributed by atoms with van der Waals surface area (Å²) >= 11 is 0. The van der Waals surface area contributed by atoms with Crippen molar-refractivity contribution in [3.8, 4) is 0 Å². The number of rotatable bonds is 3. The summed E-state index contributed by atoms with van der Waals surface area (Å²) in [6.45, 7) is 7.37. The van der Waals surface area contributed by atoms with Gasteiger partial charge < -0.3 is 0 Å². The summed E-state index contributed by atoms with van der Waals surface area (Å²) in [5.41, 5.74) is 3.63. The van der Waals surface area contributed by atoms with Crippen LogP contribution in [-0.2, 0) is 12.0 Å². The van der Waals surface area contributed by atoms with Gasteiger partial charge in [-0.15, -0.1) is 0 Å². The van der Waals surface area contributed by atoms with Gasteiger partial charge in [-0.25, -0.2) is 0 Å². The Morgan fingerprint density at radius 2 is 2.10 bits per heavy atom. The zero-order valence-corrected chi connectivity index (χ0v) is 13.2. The number of fused-ring (bicyclic) bond motifs is 2. The number of hydrogen-bond acceptors (Lipinski definition) is 1. The van der Waals surface area contributed by atoms with Gasteiger partial charge in [-0.1, -0.05) is 57.4 Å². The van der Waals surface area contributed by atoms with Crippen LogP contribution < -0.4 is 0 Å². The summed E-state index contributed by atoms with van der Waals surface area (Å²) in [6, 6.07) is 9.28. The highest BCUT2D eigenvalue weighted by molar-refractivity contribution is 5.37. The molecule has 0 aromatic heterocycles. The number of benzene rings is 1. The lowest BCUT2D eigenvalue weighted by atomic mass is 9.65. The van der Waals surface area contributed by atoms with E-state index in [-0.39, 0.29) is 0 Å². The van der Waals surface area contributed by atoms with Gasteiger partial charge >= 0.3 is 0 Å². The summed E-state index contributed by atoms with van der Waals surface area (Å²) < 4.78 is 0. The molecule has 1 fully saturated rings. The van der Waals surface area contributed by atoms with E-state index in [9.17, 15) is 0 Å². The van der Waals surface area contributed by atoms with E-state index in [1.54, 1.807) is 11.1 Å². The lowest BCUT2D eigenvalue weighted by Crippen LogP contribution is -2.55. The lowest BCUT2D eigenvalue weighted by molar-refractivity contribution is -0.00801. The molecular weight excluding hydrogens is 242 g/mol. The first-order chi connectivity index (χ1) is 9.79. The molecule has 1 aromatic carbocycles. The van der Waals surface area contributed by atoms with Crippen LogP contribution in [-0.4, -0.2) is 18.0 Å². The van der Waals surface area contributed by atoms with Gasteiger partial charge in [-0.05, 0) is 49.3 Å². The fraction of sp³-hybridized carbons (Fsp3) is 0.684. The van der Waals surface area contributed by atoms with Gasteiger partial charge in [0.1, 0.15) is 0 Å². The molecule has 0 unspecified atom stereocenters. The van der Waals surface area contributed by atoms with Crippen LogP contribution in [0.3, 0.4) is 0 Å². The quantitative estimate of drug-likeness (QED) is 0.767. The third-order valence-corrected chi connectivity index (χ3v) is 5.74. The van der Waals surface area contributed by atoms with Crippen LogP contribution in [0, 0.1) is 5.92 Å². The lowest BCUT2D eigenvalue weighted by Gasteiger charge is -2.54. The first kappa shape index (κ1) is 14.1. The SMILES string of the molecule is CCCCN1CCc2ccccc2[C@@]12CCCC[C@@H]2C. The predicted octanol–water partition coefficient (Wildman–Crippen LogP) is 4.75. The largest absolute Gasteiger partial charge is 0.293 e. The zero-order chi connectivity index (χ0) is 14.0. The molecule has 3 rings (SSSR count). The van der Waals surface area contributed by atoms with Crippen molar-refractivity contribution in [2.24, 2.45) is 5.92 Å². The molecule has 110 valence electrons. The highest BCUT2D eigenvalue weighted by Gasteiger charge is 2.46. The Hall–Kier alpha value is -0.820. The van der Waals surface area contributed by atoms with E-state index in [1.165, 1.54) is 58.0 Å². The van der Waals surface area contributed by atoms with Crippen molar-refractivity contribution in [2.45, 2.75) is 64.3 Å². The topological polar surface area (TPSA) is 3.24 Å². The molecule has 1 heteroatoms. The van der Waals surface area contributed by atoms with E-state index in [0.717, 1.165) is 5.92 Å². The monoisotopic (exact) mass is 271 g/mol. The summed E-state index contributed by atoms with van der Waals surface area (Å²) in [5.74, 6) is 0.801. The van der Waals surface area contributed by atoms with Crippen molar-refractivity contribution in [3.63, 3.8) is 0 Å². The first-order valence-corrected chi connectivity index (χ1v) is 8.62. The Labute approximate surface area is 124 Å². The van der Waals surface area contributed by atoms with E-state index >= 15 is 0 Å². The normalized spacial score (nSPS) is 30.4. The molecule has 1 spiro atoms. The Morgan fingerprint density at radius 1 is 1.25 bits per heavy atom. The second-order valence-corrected chi connectivity index (χ2v) is 6.82. The maximum atomic E-state index is 2.85. The van der Waals surface area contributed by atoms with Crippen molar-refractivity contribution in [3.05, 3.63) is 35.4 Å². The molecule has 0 saturated heterocycles. The van der Waals surface area contributed by atoms with Crippen LogP contribution in [0.4, 0.5) is 0 Å². The standard InChI is InChI=1S/C19H29N/c1-3-4-14-20-15-12-17-10-5-6-11-18(17)19(20)13-8-7-9-16(19)2/h5-6,10-11,16H,3-4,7-9,12-15H2,1-2H3/t16-,19-/m0/s1. The van der Waals surface area contributed by atoms with Crippen LogP contribution in [0.15, 0.2) is 24.3 Å². The van der Waals surface area contributed by atoms with Gasteiger partial charge in [0.05, 0.1) is 0 Å². The van der Waals surface area contributed by atoms with Gasteiger partial charge in [-0.2, -0.15) is 0 Å². The molecule has 0 bridgehead atoms. The Morgan fingerprint density at radius 3 is 2.90 bits per heavy atom. The number of hydrogen-bond donors (Lipinski definition) is 0. The van der Waals surface area contributed by atoms with Crippen LogP contribution in [0.2, 0.25) is 0 Å². The second-order valence-electron chi connectivity index (χ2n) is 6.82. The van der Waals surface area contributed by atoms with Gasteiger partial charge in [0.2, 0.25) is 0 Å². The maximum absolute atomic E-state index is 2.85. The molecule has 20 heavy (non-hydrogen) atoms. The van der Waals surface area contributed by atoms with Crippen molar-refractivity contribution in [1.82, 2.24) is 4.90 Å². The van der Waals surface area contributed by atoms with Crippen molar-refractivity contribution in [1.29, 1.82) is 0 Å². The minimum atomic E-state index is 0.349. The molecule has 2 atom stereocenters. The van der Waals surface area contributed by atoms with E-state index in [1.807, 2.05) is 0 Å². The molecule has 0 amide bonds. The number of unbranched alkanes of at least 4 members (excludes halogenated alkanes) is 1. The fourth-order valence-corrected chi connectivity index (χ4v) is 4.65. The molecule has 1 heterocycles. The highest BCUT2D eigenvalue weighted by atomic mass is 15.2. The van der Waals surface area contributed by atoms with E-state index in [2.05, 4.69) is 43.0 Å². The van der Waals surface area contributed by atoms with Crippen molar-refractivity contribution >= 4 is 0 Å². The smallest absolute Gasteiger partial charge is 0.0488 e. The third kappa shape index (κ3) is 2.20. The summed E-state index contributed by atoms with van der Waals surface area (Å²) in [5, 5.41) is 0. The zero-order valence-electron chi connectivity index (χ0n) is 13.2. The molecule has 1 saturated carbocycles. The van der Waals surface area contributed by atoms with E-state index in [4.69, 9.17) is 0 Å². The van der Waals surface area contributed by atoms with Crippen LogP contribution >= 0.6 is 0 Å². The average Bonchev–Trinajstić information content (AvgIpc) is 2.49. The van der Waals surface area contributed by atoms with Gasteiger partial charge in [0, 0.05) is 12.1 Å².